The van der Waals surface area contributed by atoms with Gasteiger partial charge in [-0.1, -0.05) is 11.6 Å². The molecule has 0 saturated heterocycles. The van der Waals surface area contributed by atoms with E-state index >= 15 is 0 Å². The third-order valence-corrected chi connectivity index (χ3v) is 4.17. The first-order valence-corrected chi connectivity index (χ1v) is 7.42. The average molecular weight is 337 g/mol. The fraction of sp³-hybridized carbons (Fsp3) is 0.273. The number of carboxylic acids is 1. The number of hydrogen-bond acceptors (Lipinski definition) is 5. The van der Waals surface area contributed by atoms with Crippen LogP contribution < -0.4 is 15.2 Å². The number of halogens is 1. The minimum absolute atomic E-state index is 0.100. The third-order valence-electron chi connectivity index (χ3n) is 2.30. The summed E-state index contributed by atoms with van der Waals surface area (Å²) in [6, 6.07) is 2.43. The van der Waals surface area contributed by atoms with Crippen LogP contribution in [-0.4, -0.2) is 38.6 Å². The van der Waals surface area contributed by atoms with Gasteiger partial charge in [-0.2, -0.15) is 4.72 Å². The molecule has 0 bridgehead atoms. The van der Waals surface area contributed by atoms with Gasteiger partial charge in [0.2, 0.25) is 10.0 Å². The Morgan fingerprint density at radius 2 is 2.05 bits per heavy atom. The van der Waals surface area contributed by atoms with Gasteiger partial charge in [-0.15, -0.1) is 0 Å². The van der Waals surface area contributed by atoms with Crippen molar-refractivity contribution in [3.8, 4) is 5.75 Å². The lowest BCUT2D eigenvalue weighted by Gasteiger charge is -2.12. The maximum atomic E-state index is 12.0. The van der Waals surface area contributed by atoms with Crippen molar-refractivity contribution in [2.75, 3.05) is 13.2 Å². The normalized spacial score (nSPS) is 11.1. The Morgan fingerprint density at radius 1 is 1.43 bits per heavy atom. The van der Waals surface area contributed by atoms with Crippen molar-refractivity contribution >= 4 is 33.5 Å². The Labute approximate surface area is 125 Å². The summed E-state index contributed by atoms with van der Waals surface area (Å²) >= 11 is 5.85. The molecule has 0 atom stereocenters. The second-order valence-electron chi connectivity index (χ2n) is 4.02. The molecule has 0 fully saturated rings. The van der Waals surface area contributed by atoms with E-state index in [-0.39, 0.29) is 15.7 Å². The minimum atomic E-state index is -4.12. The van der Waals surface area contributed by atoms with Crippen LogP contribution in [0.2, 0.25) is 5.02 Å². The predicted octanol–water partition coefficient (Wildman–Crippen LogP) is -0.125. The molecule has 0 radical (unpaired) electrons. The molecule has 0 aliphatic carbocycles. The number of carboxylic acid groups (broad SMARTS) is 1. The predicted molar refractivity (Wildman–Crippen MR) is 73.7 cm³/mol. The molecule has 8 nitrogen and oxygen atoms in total. The summed E-state index contributed by atoms with van der Waals surface area (Å²) in [5, 5.41) is 8.40. The highest BCUT2D eigenvalue weighted by atomic mass is 35.5. The van der Waals surface area contributed by atoms with E-state index < -0.39 is 35.1 Å². The van der Waals surface area contributed by atoms with E-state index in [0.717, 1.165) is 6.07 Å². The molecule has 1 amide bonds. The summed E-state index contributed by atoms with van der Waals surface area (Å²) in [6.07, 6.45) is 0. The number of nitrogens with one attached hydrogen (secondary N) is 1. The summed E-state index contributed by atoms with van der Waals surface area (Å²) in [5.74, 6) is -1.96. The number of primary amides is 1. The third kappa shape index (κ3) is 4.88. The summed E-state index contributed by atoms with van der Waals surface area (Å²) < 4.78 is 30.8. The number of hydrogen-bond donors (Lipinski definition) is 3. The van der Waals surface area contributed by atoms with Gasteiger partial charge in [0.15, 0.2) is 6.61 Å². The second kappa shape index (κ2) is 6.74. The molecule has 0 unspecified atom stereocenters. The first kappa shape index (κ1) is 17.2. The van der Waals surface area contributed by atoms with Crippen LogP contribution in [0.25, 0.3) is 0 Å². The van der Waals surface area contributed by atoms with Gasteiger partial charge in [0, 0.05) is 6.07 Å². The molecule has 0 aliphatic heterocycles. The van der Waals surface area contributed by atoms with Gasteiger partial charge in [-0.3, -0.25) is 9.59 Å². The molecule has 21 heavy (non-hydrogen) atoms. The number of carbonyl (C=O) groups is 2. The average Bonchev–Trinajstić information content (AvgIpc) is 2.35. The number of aryl methyl sites for hydroxylation is 1. The number of amides is 1. The van der Waals surface area contributed by atoms with Crippen LogP contribution in [0.1, 0.15) is 5.56 Å². The molecule has 10 heteroatoms. The van der Waals surface area contributed by atoms with Crippen molar-refractivity contribution in [1.29, 1.82) is 0 Å². The SMILES string of the molecule is Cc1cc(Cl)c(S(=O)(=O)NCC(=O)O)cc1OCC(N)=O. The van der Waals surface area contributed by atoms with Crippen LogP contribution in [-0.2, 0) is 19.6 Å². The highest BCUT2D eigenvalue weighted by Crippen LogP contribution is 2.29. The summed E-state index contributed by atoms with van der Waals surface area (Å²) in [4.78, 5) is 20.8. The van der Waals surface area contributed by atoms with Gasteiger partial charge in [0.1, 0.15) is 17.2 Å². The van der Waals surface area contributed by atoms with Gasteiger partial charge in [0.25, 0.3) is 5.91 Å². The zero-order valence-electron chi connectivity index (χ0n) is 10.9. The van der Waals surface area contributed by atoms with Crippen LogP contribution in [0.15, 0.2) is 17.0 Å². The number of sulfonamides is 1. The standard InChI is InChI=1S/C11H13ClN2O6S/c1-6-2-7(12)9(3-8(6)20-5-10(13)15)21(18,19)14-4-11(16)17/h2-3,14H,4-5H2,1H3,(H2,13,15)(H,16,17). The van der Waals surface area contributed by atoms with Crippen molar-refractivity contribution in [2.24, 2.45) is 5.73 Å². The van der Waals surface area contributed by atoms with Gasteiger partial charge in [0.05, 0.1) is 5.02 Å². The fourth-order valence-electron chi connectivity index (χ4n) is 1.38. The Bertz CT molecular complexity index is 674. The fourth-order valence-corrected chi connectivity index (χ4v) is 2.95. The van der Waals surface area contributed by atoms with E-state index in [1.165, 1.54) is 6.07 Å². The zero-order chi connectivity index (χ0) is 16.2. The monoisotopic (exact) mass is 336 g/mol. The molecular formula is C11H13ClN2O6S. The maximum Gasteiger partial charge on any atom is 0.318 e. The minimum Gasteiger partial charge on any atom is -0.483 e. The molecule has 0 aliphatic rings. The van der Waals surface area contributed by atoms with Crippen molar-refractivity contribution in [1.82, 2.24) is 4.72 Å². The van der Waals surface area contributed by atoms with Crippen LogP contribution in [0, 0.1) is 6.92 Å². The van der Waals surface area contributed by atoms with Crippen molar-refractivity contribution in [3.63, 3.8) is 0 Å². The summed E-state index contributed by atoms with van der Waals surface area (Å²) in [7, 11) is -4.12. The molecule has 0 spiro atoms. The lowest BCUT2D eigenvalue weighted by atomic mass is 10.2. The van der Waals surface area contributed by atoms with E-state index in [1.54, 1.807) is 6.92 Å². The van der Waals surface area contributed by atoms with Gasteiger partial charge < -0.3 is 15.6 Å². The number of benzene rings is 1. The number of nitrogens with two attached hydrogens (primary N) is 1. The molecule has 1 aromatic rings. The smallest absolute Gasteiger partial charge is 0.318 e. The second-order valence-corrected chi connectivity index (χ2v) is 6.16. The van der Waals surface area contributed by atoms with Crippen LogP contribution in [0.5, 0.6) is 5.75 Å². The number of rotatable bonds is 7. The lowest BCUT2D eigenvalue weighted by Crippen LogP contribution is -2.29. The maximum absolute atomic E-state index is 12.0. The molecule has 0 heterocycles. The highest BCUT2D eigenvalue weighted by Gasteiger charge is 2.21. The quantitative estimate of drug-likeness (QED) is 0.634. The van der Waals surface area contributed by atoms with Crippen LogP contribution >= 0.6 is 11.6 Å². The van der Waals surface area contributed by atoms with Gasteiger partial charge in [-0.05, 0) is 18.6 Å². The first-order chi connectivity index (χ1) is 9.63. The van der Waals surface area contributed by atoms with E-state index in [4.69, 9.17) is 27.2 Å². The van der Waals surface area contributed by atoms with Crippen molar-refractivity contribution < 1.29 is 27.9 Å². The van der Waals surface area contributed by atoms with E-state index in [1.807, 2.05) is 4.72 Å². The Kier molecular flexibility index (Phi) is 5.53. The Balaban J connectivity index is 3.14. The van der Waals surface area contributed by atoms with Crippen LogP contribution in [0.4, 0.5) is 0 Å². The highest BCUT2D eigenvalue weighted by molar-refractivity contribution is 7.89. The van der Waals surface area contributed by atoms with Crippen molar-refractivity contribution in [2.45, 2.75) is 11.8 Å². The molecule has 116 valence electrons. The lowest BCUT2D eigenvalue weighted by molar-refractivity contribution is -0.135. The van der Waals surface area contributed by atoms with Crippen molar-refractivity contribution in [3.05, 3.63) is 22.7 Å². The van der Waals surface area contributed by atoms with Gasteiger partial charge >= 0.3 is 5.97 Å². The van der Waals surface area contributed by atoms with Crippen LogP contribution in [0.3, 0.4) is 0 Å². The summed E-state index contributed by atoms with van der Waals surface area (Å²) in [5.41, 5.74) is 5.44. The zero-order valence-corrected chi connectivity index (χ0v) is 12.5. The molecule has 0 aromatic heterocycles. The van der Waals surface area contributed by atoms with E-state index in [2.05, 4.69) is 0 Å². The molecular weight excluding hydrogens is 324 g/mol. The Hall–Kier alpha value is -1.84. The van der Waals surface area contributed by atoms with Gasteiger partial charge in [-0.25, -0.2) is 8.42 Å². The topological polar surface area (TPSA) is 136 Å². The van der Waals surface area contributed by atoms with E-state index in [0.29, 0.717) is 5.56 Å². The molecule has 4 N–H and O–H groups in total. The molecule has 1 rings (SSSR count). The first-order valence-electron chi connectivity index (χ1n) is 5.56. The Morgan fingerprint density at radius 3 is 2.57 bits per heavy atom. The molecule has 1 aromatic carbocycles. The number of carbonyl (C=O) groups excluding carboxylic acids is 1. The number of ether oxygens (including phenoxy) is 1. The number of aliphatic carboxylic acids is 1. The van der Waals surface area contributed by atoms with E-state index in [9.17, 15) is 18.0 Å². The summed E-state index contributed by atoms with van der Waals surface area (Å²) in [6.45, 7) is 0.387. The molecule has 0 saturated carbocycles. The largest absolute Gasteiger partial charge is 0.483 e.